The second-order valence-corrected chi connectivity index (χ2v) is 3.79. The van der Waals surface area contributed by atoms with Crippen LogP contribution in [-0.2, 0) is 17.9 Å². The standard InChI is InChI=1S/C11H17NO2/c12-7-11-9(5-6-13-11)8-14-10-3-1-2-4-10/h5-6,10H,1-4,7-8,12H2. The van der Waals surface area contributed by atoms with Crippen molar-refractivity contribution in [1.29, 1.82) is 0 Å². The highest BCUT2D eigenvalue weighted by Gasteiger charge is 2.16. The number of rotatable bonds is 4. The minimum Gasteiger partial charge on any atom is -0.468 e. The molecule has 0 bridgehead atoms. The fourth-order valence-electron chi connectivity index (χ4n) is 1.94. The molecule has 1 aliphatic rings. The van der Waals surface area contributed by atoms with E-state index in [1.54, 1.807) is 6.26 Å². The number of ether oxygens (including phenoxy) is 1. The maximum Gasteiger partial charge on any atom is 0.122 e. The maximum absolute atomic E-state index is 5.77. The van der Waals surface area contributed by atoms with Gasteiger partial charge >= 0.3 is 0 Å². The molecule has 3 nitrogen and oxygen atoms in total. The summed E-state index contributed by atoms with van der Waals surface area (Å²) in [5, 5.41) is 0. The van der Waals surface area contributed by atoms with Gasteiger partial charge in [0, 0.05) is 5.56 Å². The highest BCUT2D eigenvalue weighted by Crippen LogP contribution is 2.22. The zero-order chi connectivity index (χ0) is 9.80. The lowest BCUT2D eigenvalue weighted by Crippen LogP contribution is -2.08. The van der Waals surface area contributed by atoms with Crippen LogP contribution in [0.5, 0.6) is 0 Å². The van der Waals surface area contributed by atoms with Gasteiger partial charge < -0.3 is 14.9 Å². The van der Waals surface area contributed by atoms with E-state index in [2.05, 4.69) is 0 Å². The van der Waals surface area contributed by atoms with Gasteiger partial charge in [0.15, 0.2) is 0 Å². The zero-order valence-electron chi connectivity index (χ0n) is 8.37. The van der Waals surface area contributed by atoms with Gasteiger partial charge in [-0.3, -0.25) is 0 Å². The zero-order valence-corrected chi connectivity index (χ0v) is 8.37. The van der Waals surface area contributed by atoms with Crippen LogP contribution in [0.1, 0.15) is 37.0 Å². The molecular weight excluding hydrogens is 178 g/mol. The summed E-state index contributed by atoms with van der Waals surface area (Å²) < 4.78 is 11.0. The van der Waals surface area contributed by atoms with E-state index in [-0.39, 0.29) is 0 Å². The molecule has 1 heterocycles. The van der Waals surface area contributed by atoms with Gasteiger partial charge in [-0.2, -0.15) is 0 Å². The predicted octanol–water partition coefficient (Wildman–Crippen LogP) is 2.20. The van der Waals surface area contributed by atoms with E-state index in [1.807, 2.05) is 6.07 Å². The monoisotopic (exact) mass is 195 g/mol. The third kappa shape index (κ3) is 2.16. The van der Waals surface area contributed by atoms with Crippen molar-refractivity contribution in [2.75, 3.05) is 0 Å². The Bertz CT molecular complexity index is 277. The molecule has 0 unspecified atom stereocenters. The minimum atomic E-state index is 0.454. The number of nitrogens with two attached hydrogens (primary N) is 1. The van der Waals surface area contributed by atoms with Crippen LogP contribution in [-0.4, -0.2) is 6.10 Å². The molecule has 1 aromatic heterocycles. The van der Waals surface area contributed by atoms with Crippen LogP contribution in [0.25, 0.3) is 0 Å². The van der Waals surface area contributed by atoms with E-state index >= 15 is 0 Å². The number of hydrogen-bond donors (Lipinski definition) is 1. The largest absolute Gasteiger partial charge is 0.468 e. The van der Waals surface area contributed by atoms with Gasteiger partial charge in [0.25, 0.3) is 0 Å². The summed E-state index contributed by atoms with van der Waals surface area (Å²) >= 11 is 0. The van der Waals surface area contributed by atoms with Gasteiger partial charge in [-0.15, -0.1) is 0 Å². The minimum absolute atomic E-state index is 0.454. The second-order valence-electron chi connectivity index (χ2n) is 3.79. The Hall–Kier alpha value is -0.800. The van der Waals surface area contributed by atoms with Crippen molar-refractivity contribution in [3.05, 3.63) is 23.7 Å². The lowest BCUT2D eigenvalue weighted by atomic mass is 10.2. The Morgan fingerprint density at radius 2 is 2.21 bits per heavy atom. The maximum atomic E-state index is 5.77. The van der Waals surface area contributed by atoms with Crippen LogP contribution < -0.4 is 5.73 Å². The summed E-state index contributed by atoms with van der Waals surface area (Å²) in [5.74, 6) is 0.850. The molecular formula is C11H17NO2. The lowest BCUT2D eigenvalue weighted by molar-refractivity contribution is 0.0449. The molecule has 0 saturated heterocycles. The Balaban J connectivity index is 1.84. The molecule has 0 aliphatic heterocycles. The third-order valence-corrected chi connectivity index (χ3v) is 2.80. The molecule has 2 rings (SSSR count). The van der Waals surface area contributed by atoms with Crippen molar-refractivity contribution in [3.8, 4) is 0 Å². The topological polar surface area (TPSA) is 48.4 Å². The highest BCUT2D eigenvalue weighted by atomic mass is 16.5. The van der Waals surface area contributed by atoms with Crippen LogP contribution in [0.15, 0.2) is 16.7 Å². The van der Waals surface area contributed by atoms with Crippen LogP contribution in [0.3, 0.4) is 0 Å². The SMILES string of the molecule is NCc1occc1COC1CCCC1. The summed E-state index contributed by atoms with van der Waals surface area (Å²) in [6.45, 7) is 1.10. The first kappa shape index (κ1) is 9.74. The van der Waals surface area contributed by atoms with Crippen molar-refractivity contribution in [3.63, 3.8) is 0 Å². The smallest absolute Gasteiger partial charge is 0.122 e. The molecule has 0 atom stereocenters. The van der Waals surface area contributed by atoms with Gasteiger partial charge in [-0.1, -0.05) is 12.8 Å². The molecule has 1 saturated carbocycles. The molecule has 1 fully saturated rings. The van der Waals surface area contributed by atoms with E-state index in [4.69, 9.17) is 14.9 Å². The van der Waals surface area contributed by atoms with Gasteiger partial charge in [0.2, 0.25) is 0 Å². The molecule has 0 spiro atoms. The second kappa shape index (κ2) is 4.62. The predicted molar refractivity (Wildman–Crippen MR) is 53.6 cm³/mol. The molecule has 0 aromatic carbocycles. The number of furan rings is 1. The summed E-state index contributed by atoms with van der Waals surface area (Å²) in [5.41, 5.74) is 6.63. The fourth-order valence-corrected chi connectivity index (χ4v) is 1.94. The molecule has 2 N–H and O–H groups in total. The molecule has 1 aliphatic carbocycles. The van der Waals surface area contributed by atoms with Crippen molar-refractivity contribution in [1.82, 2.24) is 0 Å². The van der Waals surface area contributed by atoms with Crippen molar-refractivity contribution in [2.45, 2.75) is 44.9 Å². The summed E-state index contributed by atoms with van der Waals surface area (Å²) in [7, 11) is 0. The Morgan fingerprint density at radius 3 is 2.93 bits per heavy atom. The third-order valence-electron chi connectivity index (χ3n) is 2.80. The molecule has 0 radical (unpaired) electrons. The first-order valence-electron chi connectivity index (χ1n) is 5.27. The Labute approximate surface area is 84.2 Å². The quantitative estimate of drug-likeness (QED) is 0.801. The summed E-state index contributed by atoms with van der Waals surface area (Å²) in [6.07, 6.45) is 7.15. The average molecular weight is 195 g/mol. The average Bonchev–Trinajstić information content (AvgIpc) is 2.85. The molecule has 3 heteroatoms. The van der Waals surface area contributed by atoms with Crippen LogP contribution >= 0.6 is 0 Å². The van der Waals surface area contributed by atoms with E-state index < -0.39 is 0 Å². The molecule has 78 valence electrons. The first-order valence-corrected chi connectivity index (χ1v) is 5.27. The summed E-state index contributed by atoms with van der Waals surface area (Å²) in [6, 6.07) is 1.94. The Kier molecular flexibility index (Phi) is 3.22. The summed E-state index contributed by atoms with van der Waals surface area (Å²) in [4.78, 5) is 0. The highest BCUT2D eigenvalue weighted by molar-refractivity contribution is 5.15. The van der Waals surface area contributed by atoms with Crippen LogP contribution in [0.4, 0.5) is 0 Å². The lowest BCUT2D eigenvalue weighted by Gasteiger charge is -2.10. The van der Waals surface area contributed by atoms with Gasteiger partial charge in [-0.25, -0.2) is 0 Å². The van der Waals surface area contributed by atoms with E-state index in [9.17, 15) is 0 Å². The van der Waals surface area contributed by atoms with Crippen LogP contribution in [0, 0.1) is 0 Å². The van der Waals surface area contributed by atoms with E-state index in [0.717, 1.165) is 11.3 Å². The van der Waals surface area contributed by atoms with E-state index in [0.29, 0.717) is 19.3 Å². The van der Waals surface area contributed by atoms with Gasteiger partial charge in [0.05, 0.1) is 25.5 Å². The molecule has 14 heavy (non-hydrogen) atoms. The van der Waals surface area contributed by atoms with Gasteiger partial charge in [-0.05, 0) is 18.9 Å². The number of hydrogen-bond acceptors (Lipinski definition) is 3. The van der Waals surface area contributed by atoms with Crippen LogP contribution in [0.2, 0.25) is 0 Å². The van der Waals surface area contributed by atoms with Crippen molar-refractivity contribution in [2.24, 2.45) is 5.73 Å². The van der Waals surface area contributed by atoms with Crippen molar-refractivity contribution >= 4 is 0 Å². The van der Waals surface area contributed by atoms with E-state index in [1.165, 1.54) is 25.7 Å². The Morgan fingerprint density at radius 1 is 1.43 bits per heavy atom. The van der Waals surface area contributed by atoms with Crippen molar-refractivity contribution < 1.29 is 9.15 Å². The molecule has 0 amide bonds. The first-order chi connectivity index (χ1) is 6.90. The normalized spacial score (nSPS) is 17.8. The fraction of sp³-hybridized carbons (Fsp3) is 0.636. The van der Waals surface area contributed by atoms with Gasteiger partial charge in [0.1, 0.15) is 5.76 Å². The molecule has 1 aromatic rings.